The first-order valence-corrected chi connectivity index (χ1v) is 11.1. The molecule has 0 radical (unpaired) electrons. The average molecular weight is 467 g/mol. The van der Waals surface area contributed by atoms with E-state index in [0.29, 0.717) is 16.3 Å². The monoisotopic (exact) mass is 466 g/mol. The van der Waals surface area contributed by atoms with Gasteiger partial charge in [-0.15, -0.1) is 11.8 Å². The number of nitrogens with one attached hydrogen (secondary N) is 2. The third-order valence-corrected chi connectivity index (χ3v) is 5.88. The van der Waals surface area contributed by atoms with Crippen molar-refractivity contribution in [1.82, 2.24) is 0 Å². The Hall–Kier alpha value is -3.65. The smallest absolute Gasteiger partial charge is 0.339 e. The lowest BCUT2D eigenvalue weighted by Crippen LogP contribution is -2.21. The number of amides is 2. The van der Waals surface area contributed by atoms with E-state index in [9.17, 15) is 18.8 Å². The third-order valence-electron chi connectivity index (χ3n) is 4.81. The Labute approximate surface area is 195 Å². The average Bonchev–Trinajstić information content (AvgIpc) is 2.81. The van der Waals surface area contributed by atoms with E-state index in [4.69, 9.17) is 4.74 Å². The molecule has 3 aromatic carbocycles. The van der Waals surface area contributed by atoms with E-state index in [1.54, 1.807) is 30.3 Å². The number of carbonyl (C=O) groups excluding carboxylic acids is 3. The van der Waals surface area contributed by atoms with Gasteiger partial charge in [0.25, 0.3) is 5.91 Å². The number of hydrogen-bond acceptors (Lipinski definition) is 5. The molecule has 2 N–H and O–H groups in total. The van der Waals surface area contributed by atoms with Crippen LogP contribution in [0.3, 0.4) is 0 Å². The van der Waals surface area contributed by atoms with Gasteiger partial charge in [-0.05, 0) is 67.4 Å². The minimum atomic E-state index is -0.659. The number of esters is 1. The molecular weight excluding hydrogens is 443 g/mol. The minimum Gasteiger partial charge on any atom is -0.452 e. The maximum atomic E-state index is 13.0. The lowest BCUT2D eigenvalue weighted by Gasteiger charge is -2.12. The number of rotatable bonds is 8. The first kappa shape index (κ1) is 24.0. The van der Waals surface area contributed by atoms with Crippen molar-refractivity contribution in [2.45, 2.75) is 18.7 Å². The fourth-order valence-electron chi connectivity index (χ4n) is 2.92. The van der Waals surface area contributed by atoms with Gasteiger partial charge in [0.05, 0.1) is 11.3 Å². The van der Waals surface area contributed by atoms with Gasteiger partial charge in [0, 0.05) is 16.3 Å². The lowest BCUT2D eigenvalue weighted by atomic mass is 10.1. The highest BCUT2D eigenvalue weighted by Gasteiger charge is 2.16. The normalized spacial score (nSPS) is 10.4. The first-order chi connectivity index (χ1) is 15.8. The van der Waals surface area contributed by atoms with Crippen molar-refractivity contribution in [3.8, 4) is 0 Å². The Balaban J connectivity index is 1.54. The molecule has 0 saturated carbocycles. The Kier molecular flexibility index (Phi) is 8.21. The number of benzene rings is 3. The zero-order valence-corrected chi connectivity index (χ0v) is 19.0. The highest BCUT2D eigenvalue weighted by Crippen LogP contribution is 2.24. The van der Waals surface area contributed by atoms with Crippen molar-refractivity contribution < 1.29 is 23.5 Å². The molecule has 0 saturated heterocycles. The standard InChI is InChI=1S/C25H23FN2O4S/c1-16-6-5-8-21(17(16)2)28-23(29)14-32-25(31)20-7-3-4-9-22(20)33-15-24(30)27-19-12-10-18(26)11-13-19/h3-13H,14-15H2,1-2H3,(H,27,30)(H,28,29). The molecule has 0 fully saturated rings. The number of aryl methyl sites for hydroxylation is 1. The fraction of sp³-hybridized carbons (Fsp3) is 0.160. The second-order valence-electron chi connectivity index (χ2n) is 7.21. The summed E-state index contributed by atoms with van der Waals surface area (Å²) >= 11 is 1.16. The van der Waals surface area contributed by atoms with Crippen LogP contribution in [0, 0.1) is 19.7 Å². The molecule has 3 aromatic rings. The van der Waals surface area contributed by atoms with Gasteiger partial charge in [-0.1, -0.05) is 24.3 Å². The van der Waals surface area contributed by atoms with Gasteiger partial charge >= 0.3 is 5.97 Å². The van der Waals surface area contributed by atoms with Crippen LogP contribution in [-0.2, 0) is 14.3 Å². The van der Waals surface area contributed by atoms with Crippen molar-refractivity contribution in [2.24, 2.45) is 0 Å². The second kappa shape index (κ2) is 11.3. The molecule has 0 atom stereocenters. The summed E-state index contributed by atoms with van der Waals surface area (Å²) < 4.78 is 18.2. The molecule has 6 nitrogen and oxygen atoms in total. The van der Waals surface area contributed by atoms with E-state index in [2.05, 4.69) is 10.6 Å². The highest BCUT2D eigenvalue weighted by molar-refractivity contribution is 8.00. The SMILES string of the molecule is Cc1cccc(NC(=O)COC(=O)c2ccccc2SCC(=O)Nc2ccc(F)cc2)c1C. The van der Waals surface area contributed by atoms with Crippen molar-refractivity contribution in [3.63, 3.8) is 0 Å². The van der Waals surface area contributed by atoms with Crippen LogP contribution in [-0.4, -0.2) is 30.1 Å². The van der Waals surface area contributed by atoms with Crippen molar-refractivity contribution in [1.29, 1.82) is 0 Å². The van der Waals surface area contributed by atoms with Gasteiger partial charge < -0.3 is 15.4 Å². The van der Waals surface area contributed by atoms with Crippen LogP contribution >= 0.6 is 11.8 Å². The summed E-state index contributed by atoms with van der Waals surface area (Å²) in [6.45, 7) is 3.41. The molecule has 0 aromatic heterocycles. The van der Waals surface area contributed by atoms with E-state index in [0.717, 1.165) is 22.9 Å². The summed E-state index contributed by atoms with van der Waals surface area (Å²) in [5.74, 6) is -1.76. The topological polar surface area (TPSA) is 84.5 Å². The van der Waals surface area contributed by atoms with Crippen molar-refractivity contribution in [3.05, 3.63) is 89.2 Å². The van der Waals surface area contributed by atoms with Gasteiger partial charge in [0.15, 0.2) is 6.61 Å². The molecule has 0 aliphatic heterocycles. The molecule has 2 amide bonds. The molecule has 3 rings (SSSR count). The molecule has 0 bridgehead atoms. The summed E-state index contributed by atoms with van der Waals surface area (Å²) in [6.07, 6.45) is 0. The van der Waals surface area contributed by atoms with Crippen LogP contribution in [0.5, 0.6) is 0 Å². The van der Waals surface area contributed by atoms with Crippen molar-refractivity contribution in [2.75, 3.05) is 23.0 Å². The third kappa shape index (κ3) is 6.92. The molecule has 8 heteroatoms. The molecule has 0 unspecified atom stereocenters. The summed E-state index contributed by atoms with van der Waals surface area (Å²) in [7, 11) is 0. The highest BCUT2D eigenvalue weighted by atomic mass is 32.2. The largest absolute Gasteiger partial charge is 0.452 e. The molecule has 0 spiro atoms. The Morgan fingerprint density at radius 2 is 1.61 bits per heavy atom. The molecule has 0 aliphatic carbocycles. The summed E-state index contributed by atoms with van der Waals surface area (Å²) in [5.41, 5.74) is 3.39. The predicted octanol–water partition coefficient (Wildman–Crippen LogP) is 4.97. The van der Waals surface area contributed by atoms with Crippen LogP contribution in [0.25, 0.3) is 0 Å². The molecule has 33 heavy (non-hydrogen) atoms. The van der Waals surface area contributed by atoms with E-state index in [1.807, 2.05) is 26.0 Å². The molecule has 0 aliphatic rings. The van der Waals surface area contributed by atoms with E-state index in [-0.39, 0.29) is 17.2 Å². The number of thioether (sulfide) groups is 1. The summed E-state index contributed by atoms with van der Waals surface area (Å²) in [5, 5.41) is 5.41. The van der Waals surface area contributed by atoms with E-state index in [1.165, 1.54) is 24.3 Å². The summed E-state index contributed by atoms with van der Waals surface area (Å²) in [6, 6.07) is 17.7. The number of halogens is 1. The summed E-state index contributed by atoms with van der Waals surface area (Å²) in [4.78, 5) is 37.5. The molecular formula is C25H23FN2O4S. The molecule has 170 valence electrons. The minimum absolute atomic E-state index is 0.0365. The first-order valence-electron chi connectivity index (χ1n) is 10.1. The van der Waals surface area contributed by atoms with Gasteiger partial charge in [0.2, 0.25) is 5.91 Å². The Morgan fingerprint density at radius 1 is 0.879 bits per heavy atom. The van der Waals surface area contributed by atoms with Gasteiger partial charge in [-0.25, -0.2) is 9.18 Å². The number of carbonyl (C=O) groups is 3. The zero-order chi connectivity index (χ0) is 23.8. The van der Waals surface area contributed by atoms with Crippen LogP contribution in [0.2, 0.25) is 0 Å². The van der Waals surface area contributed by atoms with Gasteiger partial charge in [0.1, 0.15) is 5.82 Å². The van der Waals surface area contributed by atoms with Crippen LogP contribution in [0.15, 0.2) is 71.6 Å². The van der Waals surface area contributed by atoms with Crippen LogP contribution in [0.1, 0.15) is 21.5 Å². The Bertz CT molecular complexity index is 1170. The molecule has 0 heterocycles. The van der Waals surface area contributed by atoms with Gasteiger partial charge in [-0.3, -0.25) is 9.59 Å². The van der Waals surface area contributed by atoms with Crippen LogP contribution in [0.4, 0.5) is 15.8 Å². The quantitative estimate of drug-likeness (QED) is 0.362. The van der Waals surface area contributed by atoms with Crippen molar-refractivity contribution >= 4 is 40.9 Å². The van der Waals surface area contributed by atoms with Crippen LogP contribution < -0.4 is 10.6 Å². The Morgan fingerprint density at radius 3 is 2.36 bits per heavy atom. The number of hydrogen-bond donors (Lipinski definition) is 2. The lowest BCUT2D eigenvalue weighted by molar-refractivity contribution is -0.119. The predicted molar refractivity (Wildman–Crippen MR) is 127 cm³/mol. The second-order valence-corrected chi connectivity index (χ2v) is 8.23. The fourth-order valence-corrected chi connectivity index (χ4v) is 3.76. The van der Waals surface area contributed by atoms with Gasteiger partial charge in [-0.2, -0.15) is 0 Å². The maximum Gasteiger partial charge on any atom is 0.339 e. The number of ether oxygens (including phenoxy) is 1. The number of anilines is 2. The van der Waals surface area contributed by atoms with E-state index >= 15 is 0 Å². The van der Waals surface area contributed by atoms with E-state index < -0.39 is 24.3 Å². The maximum absolute atomic E-state index is 13.0. The zero-order valence-electron chi connectivity index (χ0n) is 18.2.